The molecular weight excluding hydrogens is 284 g/mol. The smallest absolute Gasteiger partial charge is 0.251 e. The van der Waals surface area contributed by atoms with Crippen LogP contribution in [0, 0.1) is 0 Å². The molecule has 0 saturated heterocycles. The quantitative estimate of drug-likeness (QED) is 0.871. The molecule has 1 aromatic heterocycles. The first-order chi connectivity index (χ1) is 8.29. The molecule has 3 rings (SSSR count). The Bertz CT molecular complexity index is 549. The van der Waals surface area contributed by atoms with Crippen molar-refractivity contribution in [1.82, 2.24) is 10.2 Å². The topological polar surface area (TPSA) is 48.2 Å². The summed E-state index contributed by atoms with van der Waals surface area (Å²) in [4.78, 5) is 0. The average Bonchev–Trinajstić information content (AvgIpc) is 3.07. The minimum atomic E-state index is 0.467. The van der Waals surface area contributed by atoms with Crippen molar-refractivity contribution in [3.8, 4) is 17.2 Å². The molecule has 0 aliphatic heterocycles. The highest BCUT2D eigenvalue weighted by Crippen LogP contribution is 2.41. The number of methoxy groups -OCH3 is 1. The monoisotopic (exact) mass is 294 g/mol. The Morgan fingerprint density at radius 3 is 2.88 bits per heavy atom. The zero-order valence-corrected chi connectivity index (χ0v) is 10.9. The number of hydrogen-bond acceptors (Lipinski definition) is 4. The molecule has 0 bridgehead atoms. The van der Waals surface area contributed by atoms with Gasteiger partial charge in [-0.25, -0.2) is 0 Å². The highest BCUT2D eigenvalue weighted by atomic mass is 79.9. The van der Waals surface area contributed by atoms with Crippen LogP contribution in [0.2, 0.25) is 0 Å². The van der Waals surface area contributed by atoms with E-state index in [0.717, 1.165) is 34.5 Å². The van der Waals surface area contributed by atoms with E-state index in [0.29, 0.717) is 11.8 Å². The minimum Gasteiger partial charge on any atom is -0.495 e. The van der Waals surface area contributed by atoms with Gasteiger partial charge in [-0.15, -0.1) is 10.2 Å². The van der Waals surface area contributed by atoms with Gasteiger partial charge < -0.3 is 9.15 Å². The molecule has 1 heterocycles. The van der Waals surface area contributed by atoms with E-state index in [2.05, 4.69) is 26.1 Å². The Labute approximate surface area is 107 Å². The Hall–Kier alpha value is -1.36. The van der Waals surface area contributed by atoms with E-state index in [4.69, 9.17) is 9.15 Å². The Kier molecular flexibility index (Phi) is 2.63. The van der Waals surface area contributed by atoms with E-state index in [9.17, 15) is 0 Å². The van der Waals surface area contributed by atoms with Gasteiger partial charge >= 0.3 is 0 Å². The number of ether oxygens (including phenoxy) is 1. The van der Waals surface area contributed by atoms with Gasteiger partial charge in [0.25, 0.3) is 5.89 Å². The maximum atomic E-state index is 5.67. The van der Waals surface area contributed by atoms with Crippen molar-refractivity contribution in [2.75, 3.05) is 7.11 Å². The number of hydrogen-bond donors (Lipinski definition) is 0. The van der Waals surface area contributed by atoms with Crippen LogP contribution >= 0.6 is 15.9 Å². The first kappa shape index (κ1) is 10.8. The van der Waals surface area contributed by atoms with Crippen LogP contribution in [0.25, 0.3) is 11.5 Å². The van der Waals surface area contributed by atoms with Gasteiger partial charge in [-0.1, -0.05) is 6.07 Å². The van der Waals surface area contributed by atoms with Crippen molar-refractivity contribution in [3.05, 3.63) is 28.6 Å². The van der Waals surface area contributed by atoms with E-state index >= 15 is 0 Å². The lowest BCUT2D eigenvalue weighted by Gasteiger charge is -2.06. The van der Waals surface area contributed by atoms with Crippen molar-refractivity contribution in [1.29, 1.82) is 0 Å². The minimum absolute atomic E-state index is 0.467. The third-order valence-electron chi connectivity index (χ3n) is 2.77. The van der Waals surface area contributed by atoms with Gasteiger partial charge in [0.05, 0.1) is 17.1 Å². The maximum Gasteiger partial charge on any atom is 0.251 e. The predicted molar refractivity (Wildman–Crippen MR) is 66.0 cm³/mol. The zero-order chi connectivity index (χ0) is 11.8. The first-order valence-electron chi connectivity index (χ1n) is 5.46. The van der Waals surface area contributed by atoms with Crippen molar-refractivity contribution in [2.45, 2.75) is 18.8 Å². The molecule has 5 heteroatoms. The number of para-hydroxylation sites is 1. The van der Waals surface area contributed by atoms with E-state index < -0.39 is 0 Å². The molecular formula is C12H11BrN2O2. The van der Waals surface area contributed by atoms with E-state index in [1.807, 2.05) is 18.2 Å². The summed E-state index contributed by atoms with van der Waals surface area (Å²) in [5.74, 6) is 2.44. The SMILES string of the molecule is COc1c(Br)cccc1-c1nnc(C2CC2)o1. The van der Waals surface area contributed by atoms with Crippen molar-refractivity contribution >= 4 is 15.9 Å². The maximum absolute atomic E-state index is 5.67. The van der Waals surface area contributed by atoms with Crippen LogP contribution < -0.4 is 4.74 Å². The van der Waals surface area contributed by atoms with Crippen LogP contribution in [0.1, 0.15) is 24.7 Å². The van der Waals surface area contributed by atoms with Crippen LogP contribution in [-0.2, 0) is 0 Å². The van der Waals surface area contributed by atoms with Crippen molar-refractivity contribution in [2.24, 2.45) is 0 Å². The Balaban J connectivity index is 2.04. The Morgan fingerprint density at radius 2 is 2.18 bits per heavy atom. The number of nitrogens with zero attached hydrogens (tertiary/aromatic N) is 2. The largest absolute Gasteiger partial charge is 0.495 e. The fourth-order valence-electron chi connectivity index (χ4n) is 1.72. The molecule has 88 valence electrons. The van der Waals surface area contributed by atoms with Gasteiger partial charge in [-0.3, -0.25) is 0 Å². The molecule has 0 spiro atoms. The van der Waals surface area contributed by atoms with Gasteiger partial charge in [0.1, 0.15) is 5.75 Å². The molecule has 1 aromatic carbocycles. The third-order valence-corrected chi connectivity index (χ3v) is 3.39. The van der Waals surface area contributed by atoms with Gasteiger partial charge in [0, 0.05) is 5.92 Å². The van der Waals surface area contributed by atoms with Gasteiger partial charge in [0.15, 0.2) is 0 Å². The molecule has 0 unspecified atom stereocenters. The zero-order valence-electron chi connectivity index (χ0n) is 9.31. The normalized spacial score (nSPS) is 14.9. The predicted octanol–water partition coefficient (Wildman–Crippen LogP) is 3.39. The summed E-state index contributed by atoms with van der Waals surface area (Å²) < 4.78 is 11.9. The molecule has 0 amide bonds. The van der Waals surface area contributed by atoms with E-state index in [1.165, 1.54) is 0 Å². The molecule has 4 nitrogen and oxygen atoms in total. The van der Waals surface area contributed by atoms with E-state index in [-0.39, 0.29) is 0 Å². The van der Waals surface area contributed by atoms with Gasteiger partial charge in [-0.2, -0.15) is 0 Å². The van der Waals surface area contributed by atoms with Crippen LogP contribution in [-0.4, -0.2) is 17.3 Å². The standard InChI is InChI=1S/C12H11BrN2O2/c1-16-10-8(3-2-4-9(10)13)12-15-14-11(17-12)7-5-6-7/h2-4,7H,5-6H2,1H3. The molecule has 1 fully saturated rings. The van der Waals surface area contributed by atoms with Gasteiger partial charge in [-0.05, 0) is 40.9 Å². The van der Waals surface area contributed by atoms with Crippen LogP contribution in [0.3, 0.4) is 0 Å². The lowest BCUT2D eigenvalue weighted by atomic mass is 10.2. The second-order valence-corrected chi connectivity index (χ2v) is 4.89. The molecule has 0 radical (unpaired) electrons. The number of aromatic nitrogens is 2. The highest BCUT2D eigenvalue weighted by Gasteiger charge is 2.30. The van der Waals surface area contributed by atoms with E-state index in [1.54, 1.807) is 7.11 Å². The first-order valence-corrected chi connectivity index (χ1v) is 6.25. The number of benzene rings is 1. The summed E-state index contributed by atoms with van der Waals surface area (Å²) in [6.07, 6.45) is 2.30. The summed E-state index contributed by atoms with van der Waals surface area (Å²) in [7, 11) is 1.63. The third kappa shape index (κ3) is 1.95. The summed E-state index contributed by atoms with van der Waals surface area (Å²) in [5.41, 5.74) is 0.821. The fourth-order valence-corrected chi connectivity index (χ4v) is 2.25. The van der Waals surface area contributed by atoms with Crippen LogP contribution in [0.4, 0.5) is 0 Å². The second-order valence-electron chi connectivity index (χ2n) is 4.04. The van der Waals surface area contributed by atoms with Gasteiger partial charge in [0.2, 0.25) is 5.89 Å². The molecule has 0 N–H and O–H groups in total. The average molecular weight is 295 g/mol. The Morgan fingerprint density at radius 1 is 1.35 bits per heavy atom. The second kappa shape index (κ2) is 4.14. The molecule has 17 heavy (non-hydrogen) atoms. The molecule has 2 aromatic rings. The summed E-state index contributed by atoms with van der Waals surface area (Å²) in [5, 5.41) is 8.15. The molecule has 0 atom stereocenters. The lowest BCUT2D eigenvalue weighted by molar-refractivity contribution is 0.411. The van der Waals surface area contributed by atoms with Crippen LogP contribution in [0.5, 0.6) is 5.75 Å². The van der Waals surface area contributed by atoms with Crippen LogP contribution in [0.15, 0.2) is 27.1 Å². The molecule has 1 saturated carbocycles. The molecule has 1 aliphatic carbocycles. The number of rotatable bonds is 3. The molecule has 1 aliphatic rings. The summed E-state index contributed by atoms with van der Waals surface area (Å²) in [6, 6.07) is 5.75. The van der Waals surface area contributed by atoms with Crippen molar-refractivity contribution in [3.63, 3.8) is 0 Å². The number of halogens is 1. The summed E-state index contributed by atoms with van der Waals surface area (Å²) >= 11 is 3.44. The fraction of sp³-hybridized carbons (Fsp3) is 0.333. The lowest BCUT2D eigenvalue weighted by Crippen LogP contribution is -1.89. The summed E-state index contributed by atoms with van der Waals surface area (Å²) in [6.45, 7) is 0. The highest BCUT2D eigenvalue weighted by molar-refractivity contribution is 9.10. The van der Waals surface area contributed by atoms with Crippen molar-refractivity contribution < 1.29 is 9.15 Å².